The summed E-state index contributed by atoms with van der Waals surface area (Å²) in [6.45, 7) is 4.97. The number of rotatable bonds is 63. The van der Waals surface area contributed by atoms with E-state index in [1.54, 1.807) is 0 Å². The Morgan fingerprint density at radius 2 is 0.676 bits per heavy atom. The highest BCUT2D eigenvalue weighted by Crippen LogP contribution is 2.18. The van der Waals surface area contributed by atoms with E-state index in [4.69, 9.17) is 4.74 Å². The minimum Gasteiger partial charge on any atom is -0.466 e. The van der Waals surface area contributed by atoms with Gasteiger partial charge in [-0.15, -0.1) is 0 Å². The molecule has 1 amide bonds. The molecular weight excluding hydrogens is 911 g/mol. The van der Waals surface area contributed by atoms with E-state index in [-0.39, 0.29) is 18.5 Å². The fourth-order valence-corrected chi connectivity index (χ4v) is 10.6. The lowest BCUT2D eigenvalue weighted by atomic mass is 10.0. The number of allylic oxidation sites excluding steroid dienone is 4. The summed E-state index contributed by atoms with van der Waals surface area (Å²) < 4.78 is 5.48. The van der Waals surface area contributed by atoms with Crippen LogP contribution in [0, 0.1) is 0 Å². The summed E-state index contributed by atoms with van der Waals surface area (Å²) in [7, 11) is 0. The number of hydrogen-bond donors (Lipinski definition) is 3. The Kier molecular flexibility index (Phi) is 62.4. The first-order valence-electron chi connectivity index (χ1n) is 33.6. The van der Waals surface area contributed by atoms with Crippen LogP contribution in [0.25, 0.3) is 0 Å². The van der Waals surface area contributed by atoms with Gasteiger partial charge in [-0.3, -0.25) is 9.59 Å². The van der Waals surface area contributed by atoms with Gasteiger partial charge in [-0.1, -0.05) is 327 Å². The van der Waals surface area contributed by atoms with Gasteiger partial charge in [-0.25, -0.2) is 0 Å². The highest BCUT2D eigenvalue weighted by atomic mass is 16.5. The van der Waals surface area contributed by atoms with Gasteiger partial charge >= 0.3 is 5.97 Å². The van der Waals surface area contributed by atoms with Crippen LogP contribution in [0.2, 0.25) is 0 Å². The van der Waals surface area contributed by atoms with Gasteiger partial charge in [0.25, 0.3) is 0 Å². The van der Waals surface area contributed by atoms with E-state index in [9.17, 15) is 19.8 Å². The Hall–Kier alpha value is -1.66. The predicted octanol–water partition coefficient (Wildman–Crippen LogP) is 21.4. The molecule has 2 atom stereocenters. The first-order valence-corrected chi connectivity index (χ1v) is 33.6. The van der Waals surface area contributed by atoms with Gasteiger partial charge < -0.3 is 20.3 Å². The summed E-state index contributed by atoms with van der Waals surface area (Å²) in [5, 5.41) is 23.3. The van der Waals surface area contributed by atoms with Gasteiger partial charge in [-0.2, -0.15) is 0 Å². The Labute approximate surface area is 462 Å². The van der Waals surface area contributed by atoms with Crippen LogP contribution in [-0.2, 0) is 14.3 Å². The molecule has 0 aliphatic heterocycles. The van der Waals surface area contributed by atoms with Crippen LogP contribution in [0.5, 0.6) is 0 Å². The van der Waals surface area contributed by atoms with Crippen molar-refractivity contribution in [3.8, 4) is 0 Å². The van der Waals surface area contributed by atoms with Crippen molar-refractivity contribution in [2.75, 3.05) is 13.2 Å². The molecule has 0 saturated heterocycles. The third-order valence-electron chi connectivity index (χ3n) is 15.8. The third-order valence-corrected chi connectivity index (χ3v) is 15.8. The maximum Gasteiger partial charge on any atom is 0.305 e. The van der Waals surface area contributed by atoms with Gasteiger partial charge in [0, 0.05) is 12.8 Å². The topological polar surface area (TPSA) is 95.9 Å². The van der Waals surface area contributed by atoms with Crippen LogP contribution >= 0.6 is 0 Å². The van der Waals surface area contributed by atoms with Gasteiger partial charge in [0.1, 0.15) is 0 Å². The number of hydrogen-bond acceptors (Lipinski definition) is 5. The van der Waals surface area contributed by atoms with E-state index in [2.05, 4.69) is 43.5 Å². The SMILES string of the molecule is CCCCCCCCCCCCCCCC(=O)OCCCCCCCCCCC/C=C\C/C=C\CCCCCCCCCCCCCCCCCC(=O)NC(CO)C(O)CCCCCCCCCCCCCCC. The summed E-state index contributed by atoms with van der Waals surface area (Å²) >= 11 is 0. The number of aliphatic hydroxyl groups is 2. The predicted molar refractivity (Wildman–Crippen MR) is 324 cm³/mol. The van der Waals surface area contributed by atoms with Crippen molar-refractivity contribution in [2.24, 2.45) is 0 Å². The van der Waals surface area contributed by atoms with Crippen molar-refractivity contribution in [1.82, 2.24) is 5.32 Å². The minimum atomic E-state index is -0.663. The standard InChI is InChI=1S/C68H131NO5/c1-3-5-7-9-11-13-15-36-40-44-48-52-56-60-66(71)65(64-70)69-67(72)61-57-53-49-45-41-38-34-32-30-28-26-24-22-20-18-17-19-21-23-25-27-29-31-33-35-39-43-47-51-55-59-63-74-68(73)62-58-54-50-46-42-37-16-14-12-10-8-6-4-2/h19,21,25,27,65-66,70-71H,3-18,20,22-24,26,28-64H2,1-2H3,(H,69,72)/b21-19-,27-25-. The monoisotopic (exact) mass is 1040 g/mol. The molecule has 6 nitrogen and oxygen atoms in total. The lowest BCUT2D eigenvalue weighted by Crippen LogP contribution is -2.45. The average molecular weight is 1040 g/mol. The van der Waals surface area contributed by atoms with Crippen LogP contribution in [0.15, 0.2) is 24.3 Å². The van der Waals surface area contributed by atoms with Crippen molar-refractivity contribution >= 4 is 11.9 Å². The molecule has 0 aromatic heterocycles. The van der Waals surface area contributed by atoms with E-state index in [1.807, 2.05) is 0 Å². The van der Waals surface area contributed by atoms with E-state index in [1.165, 1.54) is 295 Å². The molecular formula is C68H131NO5. The van der Waals surface area contributed by atoms with Gasteiger partial charge in [0.15, 0.2) is 0 Å². The number of carbonyl (C=O) groups is 2. The van der Waals surface area contributed by atoms with Crippen LogP contribution < -0.4 is 5.32 Å². The molecule has 0 aliphatic rings. The van der Waals surface area contributed by atoms with E-state index < -0.39 is 12.1 Å². The van der Waals surface area contributed by atoms with Crippen LogP contribution in [-0.4, -0.2) is 47.4 Å². The zero-order valence-electron chi connectivity index (χ0n) is 50.1. The molecule has 0 rings (SSSR count). The van der Waals surface area contributed by atoms with Crippen molar-refractivity contribution in [2.45, 2.75) is 386 Å². The molecule has 0 heterocycles. The minimum absolute atomic E-state index is 0.0151. The zero-order chi connectivity index (χ0) is 53.6. The summed E-state index contributed by atoms with van der Waals surface area (Å²) in [5.74, 6) is -0.0175. The van der Waals surface area contributed by atoms with Crippen molar-refractivity contribution in [3.05, 3.63) is 24.3 Å². The fraction of sp³-hybridized carbons (Fsp3) is 0.912. The van der Waals surface area contributed by atoms with Gasteiger partial charge in [-0.05, 0) is 57.8 Å². The largest absolute Gasteiger partial charge is 0.466 e. The maximum atomic E-state index is 12.5. The number of ether oxygens (including phenoxy) is 1. The number of nitrogens with one attached hydrogen (secondary N) is 1. The molecule has 0 aromatic rings. The molecule has 3 N–H and O–H groups in total. The van der Waals surface area contributed by atoms with Crippen molar-refractivity contribution < 1.29 is 24.5 Å². The summed E-state index contributed by atoms with van der Waals surface area (Å²) in [5.41, 5.74) is 0. The zero-order valence-corrected chi connectivity index (χ0v) is 50.1. The smallest absolute Gasteiger partial charge is 0.305 e. The molecule has 0 aromatic carbocycles. The molecule has 0 spiro atoms. The molecule has 438 valence electrons. The summed E-state index contributed by atoms with van der Waals surface area (Å²) in [4.78, 5) is 24.5. The number of amides is 1. The average Bonchev–Trinajstić information content (AvgIpc) is 3.40. The van der Waals surface area contributed by atoms with Crippen LogP contribution in [0.3, 0.4) is 0 Å². The Bertz CT molecular complexity index is 1150. The second-order valence-corrected chi connectivity index (χ2v) is 23.2. The molecule has 0 bridgehead atoms. The Morgan fingerprint density at radius 3 is 1.03 bits per heavy atom. The quantitative estimate of drug-likeness (QED) is 0.0320. The number of carbonyl (C=O) groups excluding carboxylic acids is 2. The molecule has 6 heteroatoms. The summed E-state index contributed by atoms with van der Waals surface area (Å²) in [6.07, 6.45) is 79.3. The fourth-order valence-electron chi connectivity index (χ4n) is 10.6. The molecule has 0 aliphatic carbocycles. The van der Waals surface area contributed by atoms with Crippen LogP contribution in [0.4, 0.5) is 0 Å². The number of aliphatic hydroxyl groups excluding tert-OH is 2. The van der Waals surface area contributed by atoms with Crippen molar-refractivity contribution in [1.29, 1.82) is 0 Å². The lowest BCUT2D eigenvalue weighted by Gasteiger charge is -2.22. The second-order valence-electron chi connectivity index (χ2n) is 23.2. The first-order chi connectivity index (χ1) is 36.5. The number of esters is 1. The lowest BCUT2D eigenvalue weighted by molar-refractivity contribution is -0.143. The third kappa shape index (κ3) is 59.6. The molecule has 0 radical (unpaired) electrons. The molecule has 0 saturated carbocycles. The maximum absolute atomic E-state index is 12.5. The highest BCUT2D eigenvalue weighted by molar-refractivity contribution is 5.76. The Morgan fingerprint density at radius 1 is 0.378 bits per heavy atom. The van der Waals surface area contributed by atoms with E-state index in [0.717, 1.165) is 44.9 Å². The van der Waals surface area contributed by atoms with Gasteiger partial charge in [0.2, 0.25) is 5.91 Å². The molecule has 74 heavy (non-hydrogen) atoms. The summed E-state index contributed by atoms with van der Waals surface area (Å²) in [6, 6.07) is -0.540. The number of unbranched alkanes of at least 4 members (excludes halogenated alkanes) is 48. The van der Waals surface area contributed by atoms with Gasteiger partial charge in [0.05, 0.1) is 25.4 Å². The normalized spacial score (nSPS) is 12.6. The van der Waals surface area contributed by atoms with Crippen molar-refractivity contribution in [3.63, 3.8) is 0 Å². The van der Waals surface area contributed by atoms with Crippen LogP contribution in [0.1, 0.15) is 373 Å². The van der Waals surface area contributed by atoms with E-state index >= 15 is 0 Å². The molecule has 0 fully saturated rings. The first kappa shape index (κ1) is 72.3. The van der Waals surface area contributed by atoms with E-state index in [0.29, 0.717) is 25.9 Å². The Balaban J connectivity index is 3.37. The second kappa shape index (κ2) is 63.9. The molecule has 2 unspecified atom stereocenters. The highest BCUT2D eigenvalue weighted by Gasteiger charge is 2.20.